The minimum atomic E-state index is -1.06. The van der Waals surface area contributed by atoms with Crippen molar-refractivity contribution in [3.8, 4) is 0 Å². The van der Waals surface area contributed by atoms with Gasteiger partial charge in [0.15, 0.2) is 0 Å². The number of rotatable bonds is 7. The number of carboxylic acid groups (broad SMARTS) is 2. The van der Waals surface area contributed by atoms with E-state index in [9.17, 15) is 14.4 Å². The van der Waals surface area contributed by atoms with Crippen LogP contribution in [0, 0.1) is 0 Å². The van der Waals surface area contributed by atoms with Gasteiger partial charge in [-0.3, -0.25) is 9.59 Å². The number of nitrogens with one attached hydrogen (secondary N) is 1. The monoisotopic (exact) mass is 295 g/mol. The van der Waals surface area contributed by atoms with E-state index in [-0.39, 0.29) is 11.7 Å². The first-order valence-electron chi connectivity index (χ1n) is 5.55. The molecular formula is C10H21N3O5S. The number of carboxylic acids is 2. The number of hydrogen-bond acceptors (Lipinski definition) is 6. The van der Waals surface area contributed by atoms with Crippen LogP contribution in [0.15, 0.2) is 0 Å². The molecule has 0 aliphatic heterocycles. The number of nitrogens with two attached hydrogens (primary N) is 2. The van der Waals surface area contributed by atoms with Crippen molar-refractivity contribution in [3.63, 3.8) is 0 Å². The molecule has 0 spiro atoms. The number of amides is 1. The largest absolute Gasteiger partial charge is 0.480 e. The summed E-state index contributed by atoms with van der Waals surface area (Å²) in [4.78, 5) is 30.6. The van der Waals surface area contributed by atoms with Crippen LogP contribution in [0.1, 0.15) is 19.8 Å². The lowest BCUT2D eigenvalue weighted by Crippen LogP contribution is -2.40. The van der Waals surface area contributed by atoms with Crippen molar-refractivity contribution in [1.82, 2.24) is 5.32 Å². The summed E-state index contributed by atoms with van der Waals surface area (Å²) < 4.78 is 0. The van der Waals surface area contributed by atoms with E-state index in [1.165, 1.54) is 6.92 Å². The van der Waals surface area contributed by atoms with Crippen molar-refractivity contribution in [2.24, 2.45) is 11.5 Å². The van der Waals surface area contributed by atoms with Crippen LogP contribution >= 0.6 is 12.6 Å². The van der Waals surface area contributed by atoms with Gasteiger partial charge in [-0.2, -0.15) is 12.6 Å². The molecule has 1 unspecified atom stereocenters. The fraction of sp³-hybridized carbons (Fsp3) is 0.700. The van der Waals surface area contributed by atoms with E-state index in [4.69, 9.17) is 21.7 Å². The molecule has 0 aromatic rings. The zero-order valence-corrected chi connectivity index (χ0v) is 11.6. The second kappa shape index (κ2) is 11.8. The van der Waals surface area contributed by atoms with Crippen molar-refractivity contribution in [2.45, 2.75) is 31.8 Å². The van der Waals surface area contributed by atoms with Crippen LogP contribution in [-0.2, 0) is 14.4 Å². The molecule has 1 amide bonds. The van der Waals surface area contributed by atoms with Gasteiger partial charge in [-0.1, -0.05) is 0 Å². The van der Waals surface area contributed by atoms with Gasteiger partial charge in [-0.25, -0.2) is 4.79 Å². The molecule has 0 aromatic carbocycles. The second-order valence-corrected chi connectivity index (χ2v) is 4.01. The minimum Gasteiger partial charge on any atom is -0.480 e. The van der Waals surface area contributed by atoms with E-state index in [0.717, 1.165) is 0 Å². The number of hydrogen-bond donors (Lipinski definition) is 6. The molecule has 0 fully saturated rings. The molecular weight excluding hydrogens is 274 g/mol. The average Bonchev–Trinajstić information content (AvgIpc) is 2.32. The highest BCUT2D eigenvalue weighted by Crippen LogP contribution is 1.91. The van der Waals surface area contributed by atoms with Gasteiger partial charge in [-0.15, -0.1) is 0 Å². The highest BCUT2D eigenvalue weighted by Gasteiger charge is 2.15. The summed E-state index contributed by atoms with van der Waals surface area (Å²) in [6, 6.07) is -1.62. The first kappa shape index (κ1) is 20.0. The summed E-state index contributed by atoms with van der Waals surface area (Å²) in [5.41, 5.74) is 10.3. The highest BCUT2D eigenvalue weighted by molar-refractivity contribution is 7.80. The quantitative estimate of drug-likeness (QED) is 0.317. The normalized spacial score (nSPS) is 12.6. The molecule has 112 valence electrons. The minimum absolute atomic E-state index is 0.106. The Kier molecular flexibility index (Phi) is 12.4. The van der Waals surface area contributed by atoms with Crippen molar-refractivity contribution < 1.29 is 24.6 Å². The third-order valence-corrected chi connectivity index (χ3v) is 2.26. The maximum Gasteiger partial charge on any atom is 0.327 e. The zero-order chi connectivity index (χ0) is 15.4. The molecule has 0 aromatic heterocycles. The molecule has 0 aliphatic carbocycles. The van der Waals surface area contributed by atoms with Gasteiger partial charge < -0.3 is 27.0 Å². The Morgan fingerprint density at radius 3 is 2.00 bits per heavy atom. The van der Waals surface area contributed by atoms with Crippen LogP contribution in [0.4, 0.5) is 0 Å². The molecule has 2 atom stereocenters. The van der Waals surface area contributed by atoms with Crippen LogP contribution in [0.3, 0.4) is 0 Å². The molecule has 0 radical (unpaired) electrons. The predicted octanol–water partition coefficient (Wildman–Crippen LogP) is -1.36. The van der Waals surface area contributed by atoms with Gasteiger partial charge in [0, 0.05) is 12.7 Å². The summed E-state index contributed by atoms with van der Waals surface area (Å²) in [7, 11) is 0. The van der Waals surface area contributed by atoms with Crippen molar-refractivity contribution in [3.05, 3.63) is 0 Å². The van der Waals surface area contributed by atoms with Gasteiger partial charge in [-0.05, 0) is 19.4 Å². The highest BCUT2D eigenvalue weighted by atomic mass is 32.1. The summed E-state index contributed by atoms with van der Waals surface area (Å²) in [6.45, 7) is 1.76. The average molecular weight is 295 g/mol. The van der Waals surface area contributed by atoms with Gasteiger partial charge in [0.1, 0.15) is 12.1 Å². The molecule has 9 heteroatoms. The maximum absolute atomic E-state index is 10.3. The topological polar surface area (TPSA) is 156 Å². The lowest BCUT2D eigenvalue weighted by molar-refractivity contribution is -0.141. The van der Waals surface area contributed by atoms with E-state index in [2.05, 4.69) is 17.9 Å². The Balaban J connectivity index is 0. The smallest absolute Gasteiger partial charge is 0.327 e. The summed E-state index contributed by atoms with van der Waals surface area (Å²) in [6.07, 6.45) is 1.14. The second-order valence-electron chi connectivity index (χ2n) is 3.65. The number of aliphatic carboxylic acids is 2. The molecule has 19 heavy (non-hydrogen) atoms. The molecule has 0 aliphatic rings. The molecule has 8 nitrogen and oxygen atoms in total. The Hall–Kier alpha value is -1.32. The van der Waals surface area contributed by atoms with E-state index >= 15 is 0 Å². The fourth-order valence-electron chi connectivity index (χ4n) is 0.892. The molecule has 0 heterocycles. The lowest BCUT2D eigenvalue weighted by atomic mass is 10.2. The SMILES string of the molecule is CC(=O)N[C@@H](CS)C(=O)O.NCCCC(N)C(=O)O. The van der Waals surface area contributed by atoms with E-state index < -0.39 is 24.0 Å². The van der Waals surface area contributed by atoms with Crippen LogP contribution in [0.2, 0.25) is 0 Å². The van der Waals surface area contributed by atoms with E-state index in [1.807, 2.05) is 0 Å². The van der Waals surface area contributed by atoms with Gasteiger partial charge in [0.25, 0.3) is 0 Å². The summed E-state index contributed by atoms with van der Waals surface area (Å²) in [5.74, 6) is -2.27. The first-order chi connectivity index (χ1) is 8.76. The predicted molar refractivity (Wildman–Crippen MR) is 73.0 cm³/mol. The van der Waals surface area contributed by atoms with Gasteiger partial charge in [0.05, 0.1) is 0 Å². The zero-order valence-electron chi connectivity index (χ0n) is 10.7. The fourth-order valence-corrected chi connectivity index (χ4v) is 1.14. The van der Waals surface area contributed by atoms with Gasteiger partial charge in [0.2, 0.25) is 5.91 Å². The van der Waals surface area contributed by atoms with Gasteiger partial charge >= 0.3 is 11.9 Å². The van der Waals surface area contributed by atoms with E-state index in [1.54, 1.807) is 0 Å². The summed E-state index contributed by atoms with van der Waals surface area (Å²) in [5, 5.41) is 18.8. The molecule has 0 rings (SSSR count). The Morgan fingerprint density at radius 1 is 1.26 bits per heavy atom. The van der Waals surface area contributed by atoms with E-state index in [0.29, 0.717) is 19.4 Å². The molecule has 7 N–H and O–H groups in total. The molecule has 0 saturated heterocycles. The lowest BCUT2D eigenvalue weighted by Gasteiger charge is -2.08. The third-order valence-electron chi connectivity index (χ3n) is 1.89. The van der Waals surface area contributed by atoms with Crippen molar-refractivity contribution in [1.29, 1.82) is 0 Å². The number of carbonyl (C=O) groups excluding carboxylic acids is 1. The Morgan fingerprint density at radius 2 is 1.79 bits per heavy atom. The molecule has 0 saturated carbocycles. The Bertz CT molecular complexity index is 301. The van der Waals surface area contributed by atoms with Crippen LogP contribution in [0.5, 0.6) is 0 Å². The number of thiol groups is 1. The van der Waals surface area contributed by atoms with Crippen LogP contribution < -0.4 is 16.8 Å². The maximum atomic E-state index is 10.3. The van der Waals surface area contributed by atoms with Crippen molar-refractivity contribution >= 4 is 30.5 Å². The molecule has 0 bridgehead atoms. The standard InChI is InChI=1S/C5H12N2O2.C5H9NO3S/c6-3-1-2-4(7)5(8)9;1-3(7)6-4(2-10)5(8)9/h4H,1-3,6-7H2,(H,8,9);4,10H,2H2,1H3,(H,6,7)(H,8,9)/t;4-/m.0/s1. The Labute approximate surface area is 116 Å². The van der Waals surface area contributed by atoms with Crippen LogP contribution in [-0.4, -0.2) is 52.4 Å². The van der Waals surface area contributed by atoms with Crippen molar-refractivity contribution in [2.75, 3.05) is 12.3 Å². The summed E-state index contributed by atoms with van der Waals surface area (Å²) >= 11 is 3.73. The third kappa shape index (κ3) is 12.9. The number of carbonyl (C=O) groups is 3. The first-order valence-corrected chi connectivity index (χ1v) is 6.18. The van der Waals surface area contributed by atoms with Crippen LogP contribution in [0.25, 0.3) is 0 Å².